The van der Waals surface area contributed by atoms with E-state index >= 15 is 0 Å². The van der Waals surface area contributed by atoms with E-state index in [1.165, 1.54) is 0 Å². The first-order valence-corrected chi connectivity index (χ1v) is 3.74. The van der Waals surface area contributed by atoms with E-state index in [0.29, 0.717) is 11.7 Å². The Morgan fingerprint density at radius 1 is 1.50 bits per heavy atom. The van der Waals surface area contributed by atoms with Crippen molar-refractivity contribution in [2.24, 2.45) is 0 Å². The molecule has 4 heteroatoms. The first-order chi connectivity index (χ1) is 5.54. The predicted molar refractivity (Wildman–Crippen MR) is 42.3 cm³/mol. The highest BCUT2D eigenvalue weighted by Crippen LogP contribution is 2.19. The zero-order chi connectivity index (χ0) is 9.19. The Morgan fingerprint density at radius 3 is 2.58 bits per heavy atom. The van der Waals surface area contributed by atoms with Crippen LogP contribution >= 0.6 is 0 Å². The molecule has 0 N–H and O–H groups in total. The highest BCUT2D eigenvalue weighted by molar-refractivity contribution is 5.00. The Kier molecular flexibility index (Phi) is 2.13. The first-order valence-electron chi connectivity index (χ1n) is 3.74. The van der Waals surface area contributed by atoms with E-state index in [-0.39, 0.29) is 11.8 Å². The fourth-order valence-corrected chi connectivity index (χ4v) is 0.701. The van der Waals surface area contributed by atoms with Crippen molar-refractivity contribution in [3.8, 4) is 6.07 Å². The van der Waals surface area contributed by atoms with Crippen LogP contribution in [0.15, 0.2) is 4.52 Å². The quantitative estimate of drug-likeness (QED) is 0.631. The van der Waals surface area contributed by atoms with Gasteiger partial charge < -0.3 is 4.52 Å². The Morgan fingerprint density at radius 2 is 2.17 bits per heavy atom. The normalized spacial score (nSPS) is 11.2. The van der Waals surface area contributed by atoms with Crippen LogP contribution in [0.3, 0.4) is 0 Å². The van der Waals surface area contributed by atoms with Gasteiger partial charge in [0.2, 0.25) is 5.89 Å². The summed E-state index contributed by atoms with van der Waals surface area (Å²) in [6, 6.07) is 1.96. The molecule has 12 heavy (non-hydrogen) atoms. The Labute approximate surface area is 71.2 Å². The second-order valence-electron chi connectivity index (χ2n) is 3.60. The summed E-state index contributed by atoms with van der Waals surface area (Å²) in [7, 11) is 0. The highest BCUT2D eigenvalue weighted by Gasteiger charge is 2.21. The second kappa shape index (κ2) is 2.94. The molecule has 0 radical (unpaired) electrons. The van der Waals surface area contributed by atoms with Gasteiger partial charge in [0, 0.05) is 5.41 Å². The standard InChI is InChI=1S/C8H11N3O/c1-8(2,3)7-10-6(4-5-9)11-12-7/h4H2,1-3H3. The number of aromatic nitrogens is 2. The van der Waals surface area contributed by atoms with E-state index in [2.05, 4.69) is 10.1 Å². The summed E-state index contributed by atoms with van der Waals surface area (Å²) < 4.78 is 4.97. The van der Waals surface area contributed by atoms with Crippen LogP contribution in [-0.2, 0) is 11.8 Å². The monoisotopic (exact) mass is 165 g/mol. The van der Waals surface area contributed by atoms with Crippen molar-refractivity contribution >= 4 is 0 Å². The number of nitriles is 1. The van der Waals surface area contributed by atoms with E-state index in [4.69, 9.17) is 9.78 Å². The van der Waals surface area contributed by atoms with Crippen molar-refractivity contribution in [3.63, 3.8) is 0 Å². The molecule has 0 amide bonds. The van der Waals surface area contributed by atoms with Crippen molar-refractivity contribution < 1.29 is 4.52 Å². The van der Waals surface area contributed by atoms with Gasteiger partial charge in [-0.25, -0.2) is 0 Å². The summed E-state index contributed by atoms with van der Waals surface area (Å²) in [4.78, 5) is 4.07. The van der Waals surface area contributed by atoms with Gasteiger partial charge in [0.05, 0.1) is 12.5 Å². The van der Waals surface area contributed by atoms with Gasteiger partial charge in [-0.3, -0.25) is 0 Å². The Balaban J connectivity index is 2.86. The maximum Gasteiger partial charge on any atom is 0.232 e. The Hall–Kier alpha value is -1.37. The molecule has 1 aromatic heterocycles. The van der Waals surface area contributed by atoms with Crippen molar-refractivity contribution in [1.82, 2.24) is 10.1 Å². The third-order valence-corrected chi connectivity index (χ3v) is 1.35. The lowest BCUT2D eigenvalue weighted by Gasteiger charge is -2.10. The predicted octanol–water partition coefficient (Wildman–Crippen LogP) is 1.43. The minimum absolute atomic E-state index is 0.138. The molecule has 1 aromatic rings. The van der Waals surface area contributed by atoms with Gasteiger partial charge in [-0.15, -0.1) is 0 Å². The fraction of sp³-hybridized carbons (Fsp3) is 0.625. The van der Waals surface area contributed by atoms with Crippen LogP contribution in [0.2, 0.25) is 0 Å². The van der Waals surface area contributed by atoms with Crippen LogP contribution in [0.4, 0.5) is 0 Å². The largest absolute Gasteiger partial charge is 0.339 e. The minimum atomic E-state index is -0.138. The van der Waals surface area contributed by atoms with Crippen LogP contribution in [0.1, 0.15) is 32.5 Å². The molecule has 0 fully saturated rings. The molecule has 0 aliphatic carbocycles. The lowest BCUT2D eigenvalue weighted by molar-refractivity contribution is 0.318. The minimum Gasteiger partial charge on any atom is -0.339 e. The molecule has 0 aromatic carbocycles. The molecule has 64 valence electrons. The average molecular weight is 165 g/mol. The number of nitrogens with zero attached hydrogens (tertiary/aromatic N) is 3. The van der Waals surface area contributed by atoms with Crippen LogP contribution in [0.5, 0.6) is 0 Å². The van der Waals surface area contributed by atoms with Gasteiger partial charge in [0.1, 0.15) is 0 Å². The van der Waals surface area contributed by atoms with Gasteiger partial charge in [-0.05, 0) is 0 Å². The third-order valence-electron chi connectivity index (χ3n) is 1.35. The summed E-state index contributed by atoms with van der Waals surface area (Å²) in [6.45, 7) is 5.95. The molecule has 0 spiro atoms. The smallest absolute Gasteiger partial charge is 0.232 e. The van der Waals surface area contributed by atoms with Gasteiger partial charge >= 0.3 is 0 Å². The second-order valence-corrected chi connectivity index (χ2v) is 3.60. The van der Waals surface area contributed by atoms with Gasteiger partial charge in [0.25, 0.3) is 0 Å². The molecule has 0 saturated carbocycles. The topological polar surface area (TPSA) is 62.7 Å². The molecule has 0 unspecified atom stereocenters. The van der Waals surface area contributed by atoms with E-state index in [9.17, 15) is 0 Å². The number of hydrogen-bond acceptors (Lipinski definition) is 4. The van der Waals surface area contributed by atoms with Gasteiger partial charge in [-0.1, -0.05) is 25.9 Å². The molecule has 0 atom stereocenters. The van der Waals surface area contributed by atoms with E-state index in [0.717, 1.165) is 0 Å². The number of rotatable bonds is 1. The summed E-state index contributed by atoms with van der Waals surface area (Å²) in [6.07, 6.45) is 0.208. The van der Waals surface area contributed by atoms with Crippen molar-refractivity contribution in [3.05, 3.63) is 11.7 Å². The maximum absolute atomic E-state index is 8.36. The Bertz CT molecular complexity index is 303. The average Bonchev–Trinajstić information content (AvgIpc) is 2.35. The van der Waals surface area contributed by atoms with Crippen molar-refractivity contribution in [2.75, 3.05) is 0 Å². The zero-order valence-electron chi connectivity index (χ0n) is 7.46. The van der Waals surface area contributed by atoms with Crippen molar-refractivity contribution in [1.29, 1.82) is 5.26 Å². The molecule has 1 heterocycles. The van der Waals surface area contributed by atoms with Crippen molar-refractivity contribution in [2.45, 2.75) is 32.6 Å². The zero-order valence-corrected chi connectivity index (χ0v) is 7.46. The lowest BCUT2D eigenvalue weighted by Crippen LogP contribution is -2.11. The van der Waals surface area contributed by atoms with E-state index in [1.54, 1.807) is 0 Å². The van der Waals surface area contributed by atoms with E-state index < -0.39 is 0 Å². The number of hydrogen-bond donors (Lipinski definition) is 0. The summed E-state index contributed by atoms with van der Waals surface area (Å²) >= 11 is 0. The third kappa shape index (κ3) is 1.82. The summed E-state index contributed by atoms with van der Waals surface area (Å²) in [5.41, 5.74) is -0.138. The van der Waals surface area contributed by atoms with Crippen LogP contribution < -0.4 is 0 Å². The molecule has 0 aliphatic heterocycles. The molecule has 0 saturated heterocycles. The van der Waals surface area contributed by atoms with Gasteiger partial charge in [-0.2, -0.15) is 10.2 Å². The summed E-state index contributed by atoms with van der Waals surface area (Å²) in [5, 5.41) is 12.0. The SMILES string of the molecule is CC(C)(C)c1nc(CC#N)no1. The molecule has 1 rings (SSSR count). The lowest BCUT2D eigenvalue weighted by atomic mass is 9.97. The van der Waals surface area contributed by atoms with Crippen LogP contribution in [0, 0.1) is 11.3 Å². The molecule has 0 bridgehead atoms. The fourth-order valence-electron chi connectivity index (χ4n) is 0.701. The molecular formula is C8H11N3O. The van der Waals surface area contributed by atoms with Crippen LogP contribution in [-0.4, -0.2) is 10.1 Å². The maximum atomic E-state index is 8.36. The molecule has 4 nitrogen and oxygen atoms in total. The summed E-state index contributed by atoms with van der Waals surface area (Å²) in [5.74, 6) is 1.04. The van der Waals surface area contributed by atoms with E-state index in [1.807, 2.05) is 26.8 Å². The van der Waals surface area contributed by atoms with Gasteiger partial charge in [0.15, 0.2) is 5.82 Å². The molecular weight excluding hydrogens is 154 g/mol. The molecule has 0 aliphatic rings. The highest BCUT2D eigenvalue weighted by atomic mass is 16.5. The van der Waals surface area contributed by atoms with Crippen LogP contribution in [0.25, 0.3) is 0 Å². The first kappa shape index (κ1) is 8.72.